The Bertz CT molecular complexity index is 1360. The molecule has 0 unspecified atom stereocenters. The highest BCUT2D eigenvalue weighted by Gasteiger charge is 2.24. The Morgan fingerprint density at radius 1 is 1.03 bits per heavy atom. The Kier molecular flexibility index (Phi) is 8.48. The molecule has 190 valence electrons. The second-order valence-electron chi connectivity index (χ2n) is 8.00. The largest absolute Gasteiger partial charge is 0.494 e. The van der Waals surface area contributed by atoms with Gasteiger partial charge in [0, 0.05) is 5.69 Å². The molecule has 0 bridgehead atoms. The number of carbonyl (C=O) groups is 2. The maximum atomic E-state index is 12.6. The number of para-hydroxylation sites is 1. The maximum Gasteiger partial charge on any atom is 0.264 e. The van der Waals surface area contributed by atoms with Crippen molar-refractivity contribution in [1.29, 1.82) is 0 Å². The van der Waals surface area contributed by atoms with Gasteiger partial charge in [0.15, 0.2) is 23.3 Å². The number of anilines is 1. The summed E-state index contributed by atoms with van der Waals surface area (Å²) in [6, 6.07) is 20.1. The van der Waals surface area contributed by atoms with Crippen molar-refractivity contribution in [2.24, 2.45) is 4.99 Å². The van der Waals surface area contributed by atoms with Crippen LogP contribution in [-0.2, 0) is 9.59 Å². The van der Waals surface area contributed by atoms with Gasteiger partial charge in [-0.05, 0) is 79.2 Å². The number of ether oxygens (including phenoxy) is 3. The Hall–Kier alpha value is -4.24. The van der Waals surface area contributed by atoms with Crippen LogP contribution >= 0.6 is 11.8 Å². The summed E-state index contributed by atoms with van der Waals surface area (Å²) in [5, 5.41) is 6.04. The van der Waals surface area contributed by atoms with Gasteiger partial charge in [-0.15, -0.1) is 0 Å². The fraction of sp³-hybridized carbons (Fsp3) is 0.179. The van der Waals surface area contributed by atoms with Crippen LogP contribution in [0.3, 0.4) is 0 Å². The fourth-order valence-electron chi connectivity index (χ4n) is 3.49. The van der Waals surface area contributed by atoms with Crippen LogP contribution in [-0.4, -0.2) is 37.3 Å². The van der Waals surface area contributed by atoms with E-state index in [4.69, 9.17) is 14.2 Å². The SMILES string of the molecule is CCOc1cc(/C=C2\SC(=Nc3cc(C)ccc3OC)NC2=O)ccc1OCC(=O)Nc1ccccc1. The molecule has 3 aromatic carbocycles. The average Bonchev–Trinajstić information content (AvgIpc) is 3.22. The number of benzene rings is 3. The highest BCUT2D eigenvalue weighted by molar-refractivity contribution is 8.18. The molecular formula is C28H27N3O5S. The maximum absolute atomic E-state index is 12.6. The Morgan fingerprint density at radius 2 is 1.81 bits per heavy atom. The molecule has 1 saturated heterocycles. The predicted molar refractivity (Wildman–Crippen MR) is 147 cm³/mol. The molecule has 2 N–H and O–H groups in total. The second-order valence-corrected chi connectivity index (χ2v) is 9.03. The molecule has 0 aliphatic carbocycles. The standard InChI is InChI=1S/C28H27N3O5S/c1-4-35-24-15-19(11-13-23(24)36-17-26(32)29-20-8-6-5-7-9-20)16-25-27(33)31-28(37-25)30-21-14-18(2)10-12-22(21)34-3/h5-16H,4,17H2,1-3H3,(H,29,32)(H,30,31,33)/b25-16-. The zero-order valence-corrected chi connectivity index (χ0v) is 21.6. The summed E-state index contributed by atoms with van der Waals surface area (Å²) in [6.45, 7) is 4.07. The van der Waals surface area contributed by atoms with Crippen molar-refractivity contribution >= 4 is 46.2 Å². The number of nitrogens with zero attached hydrogens (tertiary/aromatic N) is 1. The molecule has 0 atom stereocenters. The van der Waals surface area contributed by atoms with E-state index in [0.717, 1.165) is 11.1 Å². The van der Waals surface area contributed by atoms with E-state index < -0.39 is 0 Å². The number of thioether (sulfide) groups is 1. The van der Waals surface area contributed by atoms with Gasteiger partial charge in [-0.2, -0.15) is 0 Å². The summed E-state index contributed by atoms with van der Waals surface area (Å²) in [6.07, 6.45) is 1.75. The quantitative estimate of drug-likeness (QED) is 0.373. The van der Waals surface area contributed by atoms with Crippen LogP contribution in [0.4, 0.5) is 11.4 Å². The molecule has 0 radical (unpaired) electrons. The van der Waals surface area contributed by atoms with Crippen molar-refractivity contribution in [1.82, 2.24) is 5.32 Å². The predicted octanol–water partition coefficient (Wildman–Crippen LogP) is 5.31. The summed E-state index contributed by atoms with van der Waals surface area (Å²) in [5.41, 5.74) is 3.12. The molecule has 0 saturated carbocycles. The van der Waals surface area contributed by atoms with Gasteiger partial charge in [0.2, 0.25) is 0 Å². The summed E-state index contributed by atoms with van der Waals surface area (Å²) >= 11 is 1.24. The highest BCUT2D eigenvalue weighted by atomic mass is 32.2. The van der Waals surface area contributed by atoms with E-state index in [1.54, 1.807) is 43.5 Å². The summed E-state index contributed by atoms with van der Waals surface area (Å²) in [7, 11) is 1.58. The molecule has 0 spiro atoms. The number of methoxy groups -OCH3 is 1. The van der Waals surface area contributed by atoms with Crippen LogP contribution in [0.5, 0.6) is 17.2 Å². The molecule has 37 heavy (non-hydrogen) atoms. The molecule has 1 aliphatic rings. The summed E-state index contributed by atoms with van der Waals surface area (Å²) in [4.78, 5) is 29.9. The van der Waals surface area contributed by atoms with Gasteiger partial charge in [-0.3, -0.25) is 9.59 Å². The Morgan fingerprint density at radius 3 is 2.57 bits per heavy atom. The lowest BCUT2D eigenvalue weighted by Crippen LogP contribution is -2.20. The number of nitrogens with one attached hydrogen (secondary N) is 2. The smallest absolute Gasteiger partial charge is 0.264 e. The molecule has 3 aromatic rings. The number of hydrogen-bond acceptors (Lipinski definition) is 7. The number of amidine groups is 1. The Labute approximate surface area is 219 Å². The fourth-order valence-corrected chi connectivity index (χ4v) is 4.33. The molecule has 0 aromatic heterocycles. The van der Waals surface area contributed by atoms with Gasteiger partial charge in [-0.25, -0.2) is 4.99 Å². The van der Waals surface area contributed by atoms with E-state index >= 15 is 0 Å². The number of amides is 2. The second kappa shape index (κ2) is 12.1. The van der Waals surface area contributed by atoms with Crippen LogP contribution in [0, 0.1) is 6.92 Å². The molecule has 8 nitrogen and oxygen atoms in total. The molecular weight excluding hydrogens is 490 g/mol. The third-order valence-corrected chi connectivity index (χ3v) is 6.10. The van der Waals surface area contributed by atoms with E-state index in [1.807, 2.05) is 50.2 Å². The zero-order valence-electron chi connectivity index (χ0n) is 20.7. The first kappa shape index (κ1) is 25.8. The number of aryl methyl sites for hydroxylation is 1. The number of carbonyl (C=O) groups excluding carboxylic acids is 2. The minimum absolute atomic E-state index is 0.171. The third-order valence-electron chi connectivity index (χ3n) is 5.19. The van der Waals surface area contributed by atoms with Crippen molar-refractivity contribution in [3.8, 4) is 17.2 Å². The molecule has 4 rings (SSSR count). The first-order valence-electron chi connectivity index (χ1n) is 11.6. The molecule has 1 aliphatic heterocycles. The van der Waals surface area contributed by atoms with Crippen LogP contribution in [0.2, 0.25) is 0 Å². The minimum atomic E-state index is -0.282. The van der Waals surface area contributed by atoms with Crippen LogP contribution in [0.1, 0.15) is 18.1 Å². The van der Waals surface area contributed by atoms with Crippen molar-refractivity contribution < 1.29 is 23.8 Å². The minimum Gasteiger partial charge on any atom is -0.494 e. The van der Waals surface area contributed by atoms with Crippen molar-refractivity contribution in [3.05, 3.63) is 82.8 Å². The average molecular weight is 518 g/mol. The van der Waals surface area contributed by atoms with Crippen LogP contribution in [0.15, 0.2) is 76.6 Å². The van der Waals surface area contributed by atoms with Gasteiger partial charge in [0.05, 0.1) is 18.6 Å². The van der Waals surface area contributed by atoms with Gasteiger partial charge in [0.1, 0.15) is 11.4 Å². The first-order valence-corrected chi connectivity index (χ1v) is 12.5. The topological polar surface area (TPSA) is 98.2 Å². The lowest BCUT2D eigenvalue weighted by molar-refractivity contribution is -0.118. The summed E-state index contributed by atoms with van der Waals surface area (Å²) in [5.74, 6) is 1.01. The van der Waals surface area contributed by atoms with Gasteiger partial charge >= 0.3 is 0 Å². The van der Waals surface area contributed by atoms with E-state index in [1.165, 1.54) is 11.8 Å². The summed E-state index contributed by atoms with van der Waals surface area (Å²) < 4.78 is 16.8. The van der Waals surface area contributed by atoms with Gasteiger partial charge in [0.25, 0.3) is 11.8 Å². The third kappa shape index (κ3) is 6.92. The van der Waals surface area contributed by atoms with Crippen molar-refractivity contribution in [2.45, 2.75) is 13.8 Å². The molecule has 9 heteroatoms. The van der Waals surface area contributed by atoms with Crippen molar-refractivity contribution in [3.63, 3.8) is 0 Å². The van der Waals surface area contributed by atoms with Gasteiger partial charge < -0.3 is 24.8 Å². The number of hydrogen-bond donors (Lipinski definition) is 2. The van der Waals surface area contributed by atoms with Crippen molar-refractivity contribution in [2.75, 3.05) is 25.6 Å². The zero-order chi connectivity index (χ0) is 26.2. The van der Waals surface area contributed by atoms with Crippen LogP contribution in [0.25, 0.3) is 6.08 Å². The molecule has 2 amide bonds. The highest BCUT2D eigenvalue weighted by Crippen LogP contribution is 2.34. The molecule has 1 heterocycles. The monoisotopic (exact) mass is 517 g/mol. The lowest BCUT2D eigenvalue weighted by atomic mass is 10.2. The van der Waals surface area contributed by atoms with E-state index in [-0.39, 0.29) is 18.4 Å². The Balaban J connectivity index is 1.47. The van der Waals surface area contributed by atoms with E-state index in [9.17, 15) is 9.59 Å². The normalized spacial score (nSPS) is 14.9. The van der Waals surface area contributed by atoms with E-state index in [2.05, 4.69) is 15.6 Å². The number of rotatable bonds is 9. The van der Waals surface area contributed by atoms with Crippen LogP contribution < -0.4 is 24.8 Å². The molecule has 1 fully saturated rings. The number of aliphatic imine (C=N–C) groups is 1. The van der Waals surface area contributed by atoms with E-state index in [0.29, 0.717) is 45.3 Å². The van der Waals surface area contributed by atoms with Gasteiger partial charge in [-0.1, -0.05) is 30.3 Å². The first-order chi connectivity index (χ1) is 17.9. The lowest BCUT2D eigenvalue weighted by Gasteiger charge is -2.13.